The predicted molar refractivity (Wildman–Crippen MR) is 70.6 cm³/mol. The molecular weight excluding hydrogens is 356 g/mol. The summed E-state index contributed by atoms with van der Waals surface area (Å²) in [6, 6.07) is 0.972. The van der Waals surface area contributed by atoms with Crippen molar-refractivity contribution in [3.63, 3.8) is 0 Å². The molecule has 1 aromatic heterocycles. The van der Waals surface area contributed by atoms with E-state index in [1.54, 1.807) is 0 Å². The summed E-state index contributed by atoms with van der Waals surface area (Å²) in [7, 11) is 0. The highest BCUT2D eigenvalue weighted by Crippen LogP contribution is 2.32. The van der Waals surface area contributed by atoms with Gasteiger partial charge in [0.15, 0.2) is 11.6 Å². The second-order valence-electron chi connectivity index (χ2n) is 3.58. The van der Waals surface area contributed by atoms with Crippen LogP contribution in [-0.2, 0) is 0 Å². The van der Waals surface area contributed by atoms with Crippen LogP contribution in [0.25, 0.3) is 0 Å². The van der Waals surface area contributed by atoms with Crippen molar-refractivity contribution in [2.45, 2.75) is 0 Å². The zero-order valence-corrected chi connectivity index (χ0v) is 11.6. The number of nitro benzene ring substituents is 1. The molecule has 8 nitrogen and oxygen atoms in total. The van der Waals surface area contributed by atoms with Crippen molar-refractivity contribution >= 4 is 27.6 Å². The maximum Gasteiger partial charge on any atom is 0.307 e. The summed E-state index contributed by atoms with van der Waals surface area (Å²) in [6.07, 6.45) is 1.27. The number of hydrazine groups is 1. The Morgan fingerprint density at radius 1 is 1.38 bits per heavy atom. The van der Waals surface area contributed by atoms with E-state index in [1.165, 1.54) is 6.20 Å². The van der Waals surface area contributed by atoms with Gasteiger partial charge in [-0.15, -0.1) is 0 Å². The van der Waals surface area contributed by atoms with E-state index in [-0.39, 0.29) is 16.3 Å². The Hall–Kier alpha value is -2.40. The SMILES string of the molecule is NNc1ncc(Br)c(Oc2cc(F)c([N+](=O)[O-])cc2F)n1. The first-order chi connectivity index (χ1) is 9.92. The van der Waals surface area contributed by atoms with Gasteiger partial charge in [-0.05, 0) is 15.9 Å². The first-order valence-corrected chi connectivity index (χ1v) is 6.02. The molecule has 11 heteroatoms. The molecule has 0 aliphatic rings. The van der Waals surface area contributed by atoms with Gasteiger partial charge in [0.2, 0.25) is 17.6 Å². The lowest BCUT2D eigenvalue weighted by molar-refractivity contribution is -0.387. The smallest absolute Gasteiger partial charge is 0.307 e. The van der Waals surface area contributed by atoms with Gasteiger partial charge in [0.05, 0.1) is 21.7 Å². The minimum Gasteiger partial charge on any atom is -0.434 e. The first kappa shape index (κ1) is 15.0. The van der Waals surface area contributed by atoms with Crippen molar-refractivity contribution in [2.24, 2.45) is 5.84 Å². The van der Waals surface area contributed by atoms with E-state index in [1.807, 2.05) is 0 Å². The Morgan fingerprint density at radius 2 is 2.10 bits per heavy atom. The zero-order valence-electron chi connectivity index (χ0n) is 10.0. The summed E-state index contributed by atoms with van der Waals surface area (Å²) < 4.78 is 32.5. The van der Waals surface area contributed by atoms with E-state index in [9.17, 15) is 18.9 Å². The predicted octanol–water partition coefficient (Wildman–Crippen LogP) is 2.50. The molecule has 0 saturated heterocycles. The van der Waals surface area contributed by atoms with Crippen LogP contribution in [0.4, 0.5) is 20.4 Å². The summed E-state index contributed by atoms with van der Waals surface area (Å²) in [5.74, 6) is 2.03. The molecule has 0 fully saturated rings. The van der Waals surface area contributed by atoms with Gasteiger partial charge >= 0.3 is 5.69 Å². The number of ether oxygens (including phenoxy) is 1. The highest BCUT2D eigenvalue weighted by molar-refractivity contribution is 9.10. The van der Waals surface area contributed by atoms with Gasteiger partial charge in [0, 0.05) is 6.07 Å². The number of nitro groups is 1. The van der Waals surface area contributed by atoms with Gasteiger partial charge < -0.3 is 4.74 Å². The number of benzene rings is 1. The van der Waals surface area contributed by atoms with Crippen LogP contribution in [0, 0.1) is 21.7 Å². The van der Waals surface area contributed by atoms with Gasteiger partial charge in [-0.3, -0.25) is 15.5 Å². The van der Waals surface area contributed by atoms with E-state index in [0.717, 1.165) is 0 Å². The topological polar surface area (TPSA) is 116 Å². The number of nitrogens with one attached hydrogen (secondary N) is 1. The Labute approximate surface area is 124 Å². The van der Waals surface area contributed by atoms with E-state index in [2.05, 4.69) is 31.3 Å². The van der Waals surface area contributed by atoms with Crippen molar-refractivity contribution in [1.29, 1.82) is 0 Å². The number of rotatable bonds is 4. The minimum atomic E-state index is -1.24. The van der Waals surface area contributed by atoms with Crippen molar-refractivity contribution < 1.29 is 18.4 Å². The number of nitrogens with zero attached hydrogens (tertiary/aromatic N) is 3. The lowest BCUT2D eigenvalue weighted by atomic mass is 10.3. The number of nitrogen functional groups attached to an aromatic ring is 1. The summed E-state index contributed by atoms with van der Waals surface area (Å²) in [6.45, 7) is 0. The van der Waals surface area contributed by atoms with Crippen LogP contribution in [0.2, 0.25) is 0 Å². The van der Waals surface area contributed by atoms with Gasteiger partial charge in [0.1, 0.15) is 0 Å². The van der Waals surface area contributed by atoms with E-state index in [4.69, 9.17) is 10.6 Å². The van der Waals surface area contributed by atoms with Crippen LogP contribution in [0.1, 0.15) is 0 Å². The summed E-state index contributed by atoms with van der Waals surface area (Å²) >= 11 is 3.05. The van der Waals surface area contributed by atoms with Crippen LogP contribution in [-0.4, -0.2) is 14.9 Å². The van der Waals surface area contributed by atoms with Crippen molar-refractivity contribution in [3.8, 4) is 11.6 Å². The van der Waals surface area contributed by atoms with E-state index < -0.39 is 28.0 Å². The molecule has 21 heavy (non-hydrogen) atoms. The van der Waals surface area contributed by atoms with Gasteiger partial charge in [-0.1, -0.05) is 0 Å². The second kappa shape index (κ2) is 5.93. The molecule has 0 saturated carbocycles. The molecule has 0 unspecified atom stereocenters. The molecule has 0 amide bonds. The van der Waals surface area contributed by atoms with Crippen LogP contribution < -0.4 is 16.0 Å². The number of halogens is 3. The fraction of sp³-hybridized carbons (Fsp3) is 0. The monoisotopic (exact) mass is 361 g/mol. The first-order valence-electron chi connectivity index (χ1n) is 5.23. The highest BCUT2D eigenvalue weighted by Gasteiger charge is 2.20. The molecule has 0 bridgehead atoms. The molecule has 0 aliphatic carbocycles. The molecular formula is C10H6BrF2N5O3. The fourth-order valence-electron chi connectivity index (χ4n) is 1.33. The number of hydrogen-bond donors (Lipinski definition) is 2. The van der Waals surface area contributed by atoms with Crippen molar-refractivity contribution in [1.82, 2.24) is 9.97 Å². The van der Waals surface area contributed by atoms with Crippen LogP contribution in [0.3, 0.4) is 0 Å². The molecule has 0 atom stereocenters. The molecule has 3 N–H and O–H groups in total. The maximum atomic E-state index is 13.7. The molecule has 2 rings (SSSR count). The Balaban J connectivity index is 2.40. The van der Waals surface area contributed by atoms with E-state index in [0.29, 0.717) is 12.1 Å². The third-order valence-electron chi connectivity index (χ3n) is 2.25. The zero-order chi connectivity index (χ0) is 15.6. The van der Waals surface area contributed by atoms with Crippen LogP contribution in [0.5, 0.6) is 11.6 Å². The van der Waals surface area contributed by atoms with Crippen LogP contribution >= 0.6 is 15.9 Å². The standard InChI is InChI=1S/C10H6BrF2N5O3/c11-4-3-15-10(17-14)16-9(4)21-8-2-5(12)7(18(19)20)1-6(8)13/h1-3H,14H2,(H,15,16,17). The number of aromatic nitrogens is 2. The highest BCUT2D eigenvalue weighted by atomic mass is 79.9. The molecule has 0 radical (unpaired) electrons. The Morgan fingerprint density at radius 3 is 2.71 bits per heavy atom. The van der Waals surface area contributed by atoms with Crippen LogP contribution in [0.15, 0.2) is 22.8 Å². The van der Waals surface area contributed by atoms with Crippen molar-refractivity contribution in [2.75, 3.05) is 5.43 Å². The lowest BCUT2D eigenvalue weighted by Crippen LogP contribution is -2.10. The minimum absolute atomic E-state index is 0.0176. The summed E-state index contributed by atoms with van der Waals surface area (Å²) in [4.78, 5) is 17.0. The van der Waals surface area contributed by atoms with Gasteiger partial charge in [0.25, 0.3) is 0 Å². The molecule has 0 aliphatic heterocycles. The second-order valence-corrected chi connectivity index (χ2v) is 4.44. The Bertz CT molecular complexity index is 715. The molecule has 0 spiro atoms. The molecule has 1 heterocycles. The summed E-state index contributed by atoms with van der Waals surface area (Å²) in [5.41, 5.74) is 1.16. The number of hydrogen-bond acceptors (Lipinski definition) is 7. The average molecular weight is 362 g/mol. The largest absolute Gasteiger partial charge is 0.434 e. The molecule has 110 valence electrons. The molecule has 1 aromatic carbocycles. The average Bonchev–Trinajstić information content (AvgIpc) is 2.44. The van der Waals surface area contributed by atoms with Gasteiger partial charge in [-0.25, -0.2) is 15.2 Å². The number of nitrogens with two attached hydrogens (primary N) is 1. The number of anilines is 1. The third kappa shape index (κ3) is 3.20. The maximum absolute atomic E-state index is 13.7. The molecule has 2 aromatic rings. The summed E-state index contributed by atoms with van der Waals surface area (Å²) in [5, 5.41) is 10.5. The van der Waals surface area contributed by atoms with Gasteiger partial charge in [-0.2, -0.15) is 9.37 Å². The Kier molecular flexibility index (Phi) is 4.23. The normalized spacial score (nSPS) is 10.3. The lowest BCUT2D eigenvalue weighted by Gasteiger charge is -2.08. The van der Waals surface area contributed by atoms with Crippen molar-refractivity contribution in [3.05, 3.63) is 44.6 Å². The quantitative estimate of drug-likeness (QED) is 0.488. The van der Waals surface area contributed by atoms with E-state index >= 15 is 0 Å². The third-order valence-corrected chi connectivity index (χ3v) is 2.79. The fourth-order valence-corrected chi connectivity index (χ4v) is 1.60.